The van der Waals surface area contributed by atoms with Gasteiger partial charge in [-0.3, -0.25) is 4.90 Å². The second-order valence-corrected chi connectivity index (χ2v) is 9.19. The van der Waals surface area contributed by atoms with Crippen molar-refractivity contribution in [3.63, 3.8) is 0 Å². The van der Waals surface area contributed by atoms with Crippen molar-refractivity contribution in [2.45, 2.75) is 65.3 Å². The maximum atomic E-state index is 6.50. The smallest absolute Gasteiger partial charge is 0.0388 e. The molecule has 0 amide bonds. The van der Waals surface area contributed by atoms with Crippen LogP contribution < -0.4 is 5.73 Å². The largest absolute Gasteiger partial charge is 0.329 e. The van der Waals surface area contributed by atoms with Gasteiger partial charge in [-0.25, -0.2) is 0 Å². The third kappa shape index (κ3) is 2.67. The summed E-state index contributed by atoms with van der Waals surface area (Å²) in [5, 5.41) is 0. The molecule has 0 aromatic heterocycles. The van der Waals surface area contributed by atoms with Crippen LogP contribution in [0.1, 0.15) is 59.8 Å². The van der Waals surface area contributed by atoms with Crippen LogP contribution in [-0.2, 0) is 0 Å². The summed E-state index contributed by atoms with van der Waals surface area (Å²) in [6.45, 7) is 12.8. The van der Waals surface area contributed by atoms with Crippen molar-refractivity contribution in [2.75, 3.05) is 19.6 Å². The van der Waals surface area contributed by atoms with Crippen LogP contribution in [0.2, 0.25) is 0 Å². The minimum Gasteiger partial charge on any atom is -0.329 e. The molecule has 2 N–H and O–H groups in total. The molecular formula is C19H36N2. The van der Waals surface area contributed by atoms with E-state index in [-0.39, 0.29) is 0 Å². The Balaban J connectivity index is 1.89. The average molecular weight is 293 g/mol. The van der Waals surface area contributed by atoms with E-state index >= 15 is 0 Å². The van der Waals surface area contributed by atoms with Crippen molar-refractivity contribution in [2.24, 2.45) is 41.2 Å². The van der Waals surface area contributed by atoms with Crippen molar-refractivity contribution < 1.29 is 0 Å². The van der Waals surface area contributed by atoms with Gasteiger partial charge in [-0.05, 0) is 67.6 Å². The monoisotopic (exact) mass is 292 g/mol. The molecule has 0 aromatic rings. The van der Waals surface area contributed by atoms with Crippen molar-refractivity contribution in [3.8, 4) is 0 Å². The van der Waals surface area contributed by atoms with Crippen LogP contribution in [0.4, 0.5) is 0 Å². The van der Waals surface area contributed by atoms with E-state index in [2.05, 4.69) is 32.6 Å². The van der Waals surface area contributed by atoms with Gasteiger partial charge in [0.05, 0.1) is 0 Å². The lowest BCUT2D eigenvalue weighted by Gasteiger charge is -2.65. The predicted molar refractivity (Wildman–Crippen MR) is 90.1 cm³/mol. The van der Waals surface area contributed by atoms with Crippen LogP contribution in [-0.4, -0.2) is 30.1 Å². The van der Waals surface area contributed by atoms with Crippen LogP contribution in [0.15, 0.2) is 0 Å². The quantitative estimate of drug-likeness (QED) is 0.808. The first-order chi connectivity index (χ1) is 9.95. The Kier molecular flexibility index (Phi) is 4.40. The molecule has 2 heteroatoms. The Labute approximate surface area is 131 Å². The molecule has 4 saturated carbocycles. The maximum Gasteiger partial charge on any atom is 0.0388 e. The fraction of sp³-hybridized carbons (Fsp3) is 1.00. The van der Waals surface area contributed by atoms with Gasteiger partial charge in [0.1, 0.15) is 0 Å². The number of hydrogen-bond donors (Lipinski definition) is 1. The van der Waals surface area contributed by atoms with E-state index in [1.54, 1.807) is 0 Å². The van der Waals surface area contributed by atoms with Crippen LogP contribution in [0, 0.1) is 35.5 Å². The second kappa shape index (κ2) is 5.85. The van der Waals surface area contributed by atoms with Gasteiger partial charge in [-0.1, -0.05) is 27.7 Å². The van der Waals surface area contributed by atoms with Crippen LogP contribution in [0.5, 0.6) is 0 Å². The summed E-state index contributed by atoms with van der Waals surface area (Å²) in [6.07, 6.45) is 7.41. The molecule has 0 aliphatic heterocycles. The first kappa shape index (κ1) is 15.8. The van der Waals surface area contributed by atoms with E-state index < -0.39 is 0 Å². The Morgan fingerprint density at radius 1 is 0.857 bits per heavy atom. The number of rotatable bonds is 6. The van der Waals surface area contributed by atoms with E-state index in [0.717, 1.165) is 42.1 Å². The lowest BCUT2D eigenvalue weighted by atomic mass is 9.48. The molecule has 4 bridgehead atoms. The van der Waals surface area contributed by atoms with E-state index in [0.29, 0.717) is 5.54 Å². The first-order valence-corrected chi connectivity index (χ1v) is 9.40. The maximum absolute atomic E-state index is 6.50. The molecule has 0 heterocycles. The Hall–Kier alpha value is -0.0800. The lowest BCUT2D eigenvalue weighted by molar-refractivity contribution is -0.136. The molecular weight excluding hydrogens is 256 g/mol. The summed E-state index contributed by atoms with van der Waals surface area (Å²) in [4.78, 5) is 2.86. The summed E-state index contributed by atoms with van der Waals surface area (Å²) in [5.41, 5.74) is 6.83. The third-order valence-corrected chi connectivity index (χ3v) is 6.64. The van der Waals surface area contributed by atoms with Gasteiger partial charge in [-0.2, -0.15) is 0 Å². The average Bonchev–Trinajstić information content (AvgIpc) is 2.36. The summed E-state index contributed by atoms with van der Waals surface area (Å²) in [7, 11) is 0. The summed E-state index contributed by atoms with van der Waals surface area (Å²) >= 11 is 0. The van der Waals surface area contributed by atoms with E-state index in [4.69, 9.17) is 5.73 Å². The topological polar surface area (TPSA) is 29.3 Å². The zero-order valence-electron chi connectivity index (χ0n) is 14.6. The van der Waals surface area contributed by atoms with E-state index in [1.807, 2.05) is 0 Å². The third-order valence-electron chi connectivity index (χ3n) is 6.64. The predicted octanol–water partition coefficient (Wildman–Crippen LogP) is 3.75. The fourth-order valence-corrected chi connectivity index (χ4v) is 6.28. The van der Waals surface area contributed by atoms with Crippen LogP contribution >= 0.6 is 0 Å². The zero-order chi connectivity index (χ0) is 15.2. The molecule has 0 spiro atoms. The number of nitrogens with zero attached hydrogens (tertiary/aromatic N) is 1. The molecule has 4 fully saturated rings. The highest BCUT2D eigenvalue weighted by molar-refractivity contribution is 5.12. The van der Waals surface area contributed by atoms with Crippen molar-refractivity contribution >= 4 is 0 Å². The minimum atomic E-state index is 0.335. The Morgan fingerprint density at radius 2 is 1.29 bits per heavy atom. The van der Waals surface area contributed by atoms with Gasteiger partial charge < -0.3 is 5.73 Å². The normalized spacial score (nSPS) is 41.7. The van der Waals surface area contributed by atoms with Gasteiger partial charge in [0.2, 0.25) is 0 Å². The molecule has 122 valence electrons. The molecule has 0 unspecified atom stereocenters. The van der Waals surface area contributed by atoms with Gasteiger partial charge in [0, 0.05) is 25.2 Å². The highest BCUT2D eigenvalue weighted by Gasteiger charge is 2.58. The molecule has 21 heavy (non-hydrogen) atoms. The molecule has 2 nitrogen and oxygen atoms in total. The summed E-state index contributed by atoms with van der Waals surface area (Å²) < 4.78 is 0. The first-order valence-electron chi connectivity index (χ1n) is 9.40. The molecule has 0 radical (unpaired) electrons. The standard InChI is InChI=1S/C19H36N2/c1-13(2)10-21(11-14(3)4)19(12-20)17-6-15-5-16(8-17)9-18(19)7-15/h13-18H,5-12,20H2,1-4H3. The lowest BCUT2D eigenvalue weighted by Crippen LogP contribution is -2.70. The van der Waals surface area contributed by atoms with Gasteiger partial charge in [0.25, 0.3) is 0 Å². The number of hydrogen-bond acceptors (Lipinski definition) is 2. The Bertz CT molecular complexity index is 323. The molecule has 0 atom stereocenters. The Morgan fingerprint density at radius 3 is 1.62 bits per heavy atom. The van der Waals surface area contributed by atoms with Gasteiger partial charge in [0.15, 0.2) is 0 Å². The van der Waals surface area contributed by atoms with E-state index in [1.165, 1.54) is 45.2 Å². The SMILES string of the molecule is CC(C)CN(CC(C)C)C1(CN)C2CC3CC(C2)CC1C3. The van der Waals surface area contributed by atoms with Gasteiger partial charge >= 0.3 is 0 Å². The molecule has 4 aliphatic carbocycles. The minimum absolute atomic E-state index is 0.335. The van der Waals surface area contributed by atoms with Crippen molar-refractivity contribution in [3.05, 3.63) is 0 Å². The van der Waals surface area contributed by atoms with Crippen molar-refractivity contribution in [1.82, 2.24) is 4.90 Å². The molecule has 4 aliphatic rings. The van der Waals surface area contributed by atoms with Gasteiger partial charge in [-0.15, -0.1) is 0 Å². The second-order valence-electron chi connectivity index (χ2n) is 9.19. The number of nitrogens with two attached hydrogens (primary N) is 1. The fourth-order valence-electron chi connectivity index (χ4n) is 6.28. The molecule has 0 saturated heterocycles. The highest BCUT2D eigenvalue weighted by Crippen LogP contribution is 2.60. The van der Waals surface area contributed by atoms with E-state index in [9.17, 15) is 0 Å². The summed E-state index contributed by atoms with van der Waals surface area (Å²) in [6, 6.07) is 0. The zero-order valence-corrected chi connectivity index (χ0v) is 14.6. The molecule has 4 rings (SSSR count). The summed E-state index contributed by atoms with van der Waals surface area (Å²) in [5.74, 6) is 5.32. The van der Waals surface area contributed by atoms with Crippen LogP contribution in [0.3, 0.4) is 0 Å². The molecule has 0 aromatic carbocycles. The van der Waals surface area contributed by atoms with Crippen molar-refractivity contribution in [1.29, 1.82) is 0 Å². The highest BCUT2D eigenvalue weighted by atomic mass is 15.2. The van der Waals surface area contributed by atoms with Crippen LogP contribution in [0.25, 0.3) is 0 Å².